The molecule has 28 heavy (non-hydrogen) atoms. The van der Waals surface area contributed by atoms with Gasteiger partial charge in [-0.3, -0.25) is 0 Å². The molecule has 8 nitrogen and oxygen atoms in total. The van der Waals surface area contributed by atoms with Crippen molar-refractivity contribution in [2.24, 2.45) is 12.0 Å². The van der Waals surface area contributed by atoms with Crippen molar-refractivity contribution in [3.63, 3.8) is 0 Å². The first-order chi connectivity index (χ1) is 13.5. The fourth-order valence-corrected chi connectivity index (χ4v) is 2.39. The van der Waals surface area contributed by atoms with Crippen LogP contribution >= 0.6 is 0 Å². The van der Waals surface area contributed by atoms with E-state index in [1.807, 2.05) is 25.5 Å². The second-order valence-electron chi connectivity index (χ2n) is 6.43. The Kier molecular flexibility index (Phi) is 8.67. The van der Waals surface area contributed by atoms with Crippen LogP contribution in [0.5, 0.6) is 5.75 Å². The molecule has 9 heteroatoms. The van der Waals surface area contributed by atoms with Crippen LogP contribution in [0, 0.1) is 12.7 Å². The maximum absolute atomic E-state index is 13.3. The van der Waals surface area contributed by atoms with E-state index in [1.54, 1.807) is 19.2 Å². The quantitative estimate of drug-likeness (QED) is 0.364. The summed E-state index contributed by atoms with van der Waals surface area (Å²) < 4.78 is 26.0. The van der Waals surface area contributed by atoms with E-state index < -0.39 is 0 Å². The van der Waals surface area contributed by atoms with E-state index in [4.69, 9.17) is 9.47 Å². The van der Waals surface area contributed by atoms with Crippen LogP contribution in [0.15, 0.2) is 29.3 Å². The number of methoxy groups -OCH3 is 1. The number of rotatable bonds is 10. The van der Waals surface area contributed by atoms with Gasteiger partial charge in [0.1, 0.15) is 30.0 Å². The summed E-state index contributed by atoms with van der Waals surface area (Å²) in [5.74, 6) is 2.44. The van der Waals surface area contributed by atoms with Gasteiger partial charge in [0.25, 0.3) is 0 Å². The zero-order chi connectivity index (χ0) is 20.4. The molecule has 0 radical (unpaired) electrons. The topological polar surface area (TPSA) is 85.6 Å². The average Bonchev–Trinajstić information content (AvgIpc) is 2.98. The number of halogens is 1. The monoisotopic (exact) mass is 392 g/mol. The Balaban J connectivity index is 1.92. The fourth-order valence-electron chi connectivity index (χ4n) is 2.39. The van der Waals surface area contributed by atoms with Gasteiger partial charge in [0.15, 0.2) is 11.8 Å². The lowest BCUT2D eigenvalue weighted by atomic mass is 10.3. The number of aromatic nitrogens is 3. The number of nitrogens with zero attached hydrogens (tertiary/aromatic N) is 4. The number of guanidine groups is 1. The van der Waals surface area contributed by atoms with Crippen molar-refractivity contribution >= 4 is 5.96 Å². The van der Waals surface area contributed by atoms with Gasteiger partial charge >= 0.3 is 0 Å². The molecule has 0 aliphatic carbocycles. The predicted octanol–water partition coefficient (Wildman–Crippen LogP) is 1.80. The Hall–Kier alpha value is -2.68. The maximum atomic E-state index is 13.3. The first-order valence-corrected chi connectivity index (χ1v) is 9.27. The molecule has 0 aliphatic rings. The molecule has 2 aromatic rings. The molecule has 1 aromatic heterocycles. The standard InChI is InChI=1S/C19H29FN6O2/c1-14(28-17-8-5-7-16(20)11-17)12-22-19(21-9-6-10-27-4)23-13-18-25-24-15(2)26(18)3/h5,7-8,11,14H,6,9-10,12-13H2,1-4H3,(H2,21,22,23). The molecular weight excluding hydrogens is 363 g/mol. The second-order valence-corrected chi connectivity index (χ2v) is 6.43. The predicted molar refractivity (Wildman–Crippen MR) is 106 cm³/mol. The summed E-state index contributed by atoms with van der Waals surface area (Å²) in [7, 11) is 3.59. The molecule has 0 saturated carbocycles. The number of aliphatic imine (C=N–C) groups is 1. The summed E-state index contributed by atoms with van der Waals surface area (Å²) in [6, 6.07) is 6.11. The second kappa shape index (κ2) is 11.2. The fraction of sp³-hybridized carbons (Fsp3) is 0.526. The minimum Gasteiger partial charge on any atom is -0.489 e. The van der Waals surface area contributed by atoms with Crippen molar-refractivity contribution in [2.75, 3.05) is 26.8 Å². The normalized spacial score (nSPS) is 12.7. The van der Waals surface area contributed by atoms with Crippen LogP contribution < -0.4 is 15.4 Å². The van der Waals surface area contributed by atoms with Crippen molar-refractivity contribution in [3.8, 4) is 5.75 Å². The lowest BCUT2D eigenvalue weighted by Crippen LogP contribution is -2.42. The average molecular weight is 392 g/mol. The Morgan fingerprint density at radius 2 is 2.14 bits per heavy atom. The third kappa shape index (κ3) is 7.15. The van der Waals surface area contributed by atoms with E-state index >= 15 is 0 Å². The highest BCUT2D eigenvalue weighted by Gasteiger charge is 2.08. The first-order valence-electron chi connectivity index (χ1n) is 9.27. The van der Waals surface area contributed by atoms with E-state index in [0.29, 0.717) is 31.4 Å². The molecular formula is C19H29FN6O2. The number of benzene rings is 1. The van der Waals surface area contributed by atoms with Crippen molar-refractivity contribution in [2.45, 2.75) is 32.9 Å². The summed E-state index contributed by atoms with van der Waals surface area (Å²) in [5, 5.41) is 14.7. The number of hydrogen-bond donors (Lipinski definition) is 2. The van der Waals surface area contributed by atoms with Crippen molar-refractivity contribution in [3.05, 3.63) is 41.7 Å². The third-order valence-electron chi connectivity index (χ3n) is 4.07. The molecule has 1 aromatic carbocycles. The van der Waals surface area contributed by atoms with E-state index in [-0.39, 0.29) is 11.9 Å². The Bertz CT molecular complexity index is 765. The summed E-state index contributed by atoms with van der Waals surface area (Å²) in [6.45, 7) is 6.10. The highest BCUT2D eigenvalue weighted by molar-refractivity contribution is 5.79. The van der Waals surface area contributed by atoms with Gasteiger partial charge in [-0.05, 0) is 32.4 Å². The molecule has 0 aliphatic heterocycles. The van der Waals surface area contributed by atoms with Gasteiger partial charge in [0.05, 0.1) is 6.54 Å². The minimum atomic E-state index is -0.321. The number of aryl methyl sites for hydroxylation is 1. The van der Waals surface area contributed by atoms with Gasteiger partial charge in [0.2, 0.25) is 0 Å². The molecule has 0 bridgehead atoms. The summed E-state index contributed by atoms with van der Waals surface area (Å²) in [6.07, 6.45) is 0.681. The smallest absolute Gasteiger partial charge is 0.191 e. The molecule has 1 heterocycles. The van der Waals surface area contributed by atoms with Gasteiger partial charge < -0.3 is 24.7 Å². The Labute approximate surface area is 165 Å². The summed E-state index contributed by atoms with van der Waals surface area (Å²) >= 11 is 0. The number of nitrogens with one attached hydrogen (secondary N) is 2. The van der Waals surface area contributed by atoms with E-state index in [9.17, 15) is 4.39 Å². The van der Waals surface area contributed by atoms with Crippen LogP contribution in [0.25, 0.3) is 0 Å². The third-order valence-corrected chi connectivity index (χ3v) is 4.07. The molecule has 2 rings (SSSR count). The lowest BCUT2D eigenvalue weighted by molar-refractivity contribution is 0.195. The molecule has 1 unspecified atom stereocenters. The SMILES string of the molecule is COCCCNC(=NCc1nnc(C)n1C)NCC(C)Oc1cccc(F)c1. The lowest BCUT2D eigenvalue weighted by Gasteiger charge is -2.18. The molecule has 0 amide bonds. The molecule has 2 N–H and O–H groups in total. The molecule has 0 spiro atoms. The zero-order valence-electron chi connectivity index (χ0n) is 16.9. The van der Waals surface area contributed by atoms with Crippen LogP contribution in [-0.4, -0.2) is 53.6 Å². The summed E-state index contributed by atoms with van der Waals surface area (Å²) in [4.78, 5) is 4.57. The molecule has 0 saturated heterocycles. The van der Waals surface area contributed by atoms with Gasteiger partial charge in [0, 0.05) is 33.4 Å². The molecule has 154 valence electrons. The van der Waals surface area contributed by atoms with Gasteiger partial charge in [-0.2, -0.15) is 0 Å². The first kappa shape index (κ1) is 21.6. The minimum absolute atomic E-state index is 0.176. The number of ether oxygens (including phenoxy) is 2. The van der Waals surface area contributed by atoms with Crippen molar-refractivity contribution in [1.82, 2.24) is 25.4 Å². The van der Waals surface area contributed by atoms with E-state index in [2.05, 4.69) is 25.8 Å². The Morgan fingerprint density at radius 1 is 1.32 bits per heavy atom. The zero-order valence-corrected chi connectivity index (χ0v) is 16.9. The van der Waals surface area contributed by atoms with Gasteiger partial charge in [-0.15, -0.1) is 10.2 Å². The largest absolute Gasteiger partial charge is 0.489 e. The summed E-state index contributed by atoms with van der Waals surface area (Å²) in [5.41, 5.74) is 0. The van der Waals surface area contributed by atoms with Crippen LogP contribution in [-0.2, 0) is 18.3 Å². The maximum Gasteiger partial charge on any atom is 0.191 e. The van der Waals surface area contributed by atoms with Crippen molar-refractivity contribution in [1.29, 1.82) is 0 Å². The van der Waals surface area contributed by atoms with Crippen LogP contribution in [0.4, 0.5) is 4.39 Å². The molecule has 0 fully saturated rings. The van der Waals surface area contributed by atoms with E-state index in [0.717, 1.165) is 24.6 Å². The highest BCUT2D eigenvalue weighted by atomic mass is 19.1. The van der Waals surface area contributed by atoms with Gasteiger partial charge in [-0.1, -0.05) is 6.07 Å². The Morgan fingerprint density at radius 3 is 2.82 bits per heavy atom. The van der Waals surface area contributed by atoms with Crippen LogP contribution in [0.1, 0.15) is 25.0 Å². The van der Waals surface area contributed by atoms with Crippen molar-refractivity contribution < 1.29 is 13.9 Å². The highest BCUT2D eigenvalue weighted by Crippen LogP contribution is 2.13. The van der Waals surface area contributed by atoms with Crippen LogP contribution in [0.2, 0.25) is 0 Å². The molecule has 1 atom stereocenters. The van der Waals surface area contributed by atoms with E-state index in [1.165, 1.54) is 12.1 Å². The van der Waals surface area contributed by atoms with Gasteiger partial charge in [-0.25, -0.2) is 9.38 Å². The van der Waals surface area contributed by atoms with Crippen LogP contribution in [0.3, 0.4) is 0 Å². The number of hydrogen-bond acceptors (Lipinski definition) is 5.